The number of carbonyl (C=O) groups excluding carboxylic acids is 3. The summed E-state index contributed by atoms with van der Waals surface area (Å²) in [7, 11) is 0. The predicted molar refractivity (Wildman–Crippen MR) is 139 cm³/mol. The third kappa shape index (κ3) is 8.25. The molecule has 3 amide bonds. The Balaban J connectivity index is 2.45. The van der Waals surface area contributed by atoms with E-state index in [0.29, 0.717) is 0 Å². The number of nitrogens with zero attached hydrogens (tertiary/aromatic N) is 1. The van der Waals surface area contributed by atoms with E-state index in [9.17, 15) is 14.4 Å². The third-order valence-corrected chi connectivity index (χ3v) is 6.36. The maximum Gasteiger partial charge on any atom is 0.408 e. The SMILES string of the molecule is CCCC(C)NC(=O)C(c1ccc(C)cc1)N(C(=O)C(NC(=O)OC(C)(C)C)C(C)C)C1CCC1. The number of alkyl carbamates (subject to hydrolysis) is 1. The lowest BCUT2D eigenvalue weighted by Gasteiger charge is -2.44. The molecule has 0 aromatic heterocycles. The van der Waals surface area contributed by atoms with Crippen molar-refractivity contribution in [1.82, 2.24) is 15.5 Å². The number of carbonyl (C=O) groups is 3. The van der Waals surface area contributed by atoms with Gasteiger partial charge in [0.2, 0.25) is 11.8 Å². The number of hydrogen-bond donors (Lipinski definition) is 2. The lowest BCUT2D eigenvalue weighted by atomic mass is 9.87. The zero-order valence-electron chi connectivity index (χ0n) is 22.8. The summed E-state index contributed by atoms with van der Waals surface area (Å²) in [6, 6.07) is 6.15. The standard InChI is InChI=1S/C28H45N3O4/c1-9-11-20(5)29-25(32)24(21-16-14-19(4)15-17-21)31(22-12-10-13-22)26(33)23(18(2)3)30-27(34)35-28(6,7)8/h14-18,20,22-24H,9-13H2,1-8H3,(H,29,32)(H,30,34). The molecule has 1 aromatic rings. The highest BCUT2D eigenvalue weighted by Gasteiger charge is 2.42. The molecule has 1 aromatic carbocycles. The monoisotopic (exact) mass is 487 g/mol. The Bertz CT molecular complexity index is 856. The second-order valence-corrected chi connectivity index (χ2v) is 11.2. The van der Waals surface area contributed by atoms with Crippen LogP contribution in [0.5, 0.6) is 0 Å². The van der Waals surface area contributed by atoms with Crippen LogP contribution >= 0.6 is 0 Å². The van der Waals surface area contributed by atoms with Crippen LogP contribution in [-0.2, 0) is 14.3 Å². The van der Waals surface area contributed by atoms with Crippen LogP contribution in [-0.4, -0.2) is 46.5 Å². The number of amides is 3. The van der Waals surface area contributed by atoms with Gasteiger partial charge in [-0.15, -0.1) is 0 Å². The van der Waals surface area contributed by atoms with Crippen molar-refractivity contribution in [3.8, 4) is 0 Å². The number of rotatable bonds is 10. The first-order valence-electron chi connectivity index (χ1n) is 13.0. The van der Waals surface area contributed by atoms with E-state index in [1.165, 1.54) is 0 Å². The Morgan fingerprint density at radius 1 is 1.06 bits per heavy atom. The fraction of sp³-hybridized carbons (Fsp3) is 0.679. The molecular weight excluding hydrogens is 442 g/mol. The van der Waals surface area contributed by atoms with Crippen molar-refractivity contribution in [3.63, 3.8) is 0 Å². The summed E-state index contributed by atoms with van der Waals surface area (Å²) in [5, 5.41) is 5.92. The lowest BCUT2D eigenvalue weighted by Crippen LogP contribution is -2.59. The summed E-state index contributed by atoms with van der Waals surface area (Å²) in [5.41, 5.74) is 1.18. The summed E-state index contributed by atoms with van der Waals surface area (Å²) in [6.07, 6.45) is 3.86. The minimum Gasteiger partial charge on any atom is -0.444 e. The van der Waals surface area contributed by atoms with Crippen molar-refractivity contribution in [2.24, 2.45) is 5.92 Å². The molecule has 1 saturated carbocycles. The third-order valence-electron chi connectivity index (χ3n) is 6.36. The minimum atomic E-state index is -0.806. The van der Waals surface area contributed by atoms with Gasteiger partial charge in [0.05, 0.1) is 0 Å². The van der Waals surface area contributed by atoms with Crippen molar-refractivity contribution in [2.45, 2.75) is 117 Å². The van der Waals surface area contributed by atoms with Crippen LogP contribution in [0.25, 0.3) is 0 Å². The fourth-order valence-electron chi connectivity index (χ4n) is 4.31. The van der Waals surface area contributed by atoms with E-state index in [4.69, 9.17) is 4.74 Å². The van der Waals surface area contributed by atoms with E-state index in [1.54, 1.807) is 25.7 Å². The molecule has 35 heavy (non-hydrogen) atoms. The topological polar surface area (TPSA) is 87.7 Å². The summed E-state index contributed by atoms with van der Waals surface area (Å²) in [5.74, 6) is -0.618. The molecule has 0 saturated heterocycles. The van der Waals surface area contributed by atoms with Gasteiger partial charge in [-0.1, -0.05) is 57.0 Å². The smallest absolute Gasteiger partial charge is 0.408 e. The average Bonchev–Trinajstić information content (AvgIpc) is 2.69. The van der Waals surface area contributed by atoms with Crippen LogP contribution in [0.3, 0.4) is 0 Å². The van der Waals surface area contributed by atoms with Gasteiger partial charge < -0.3 is 20.3 Å². The molecule has 0 spiro atoms. The lowest BCUT2D eigenvalue weighted by molar-refractivity contribution is -0.148. The van der Waals surface area contributed by atoms with E-state index in [1.807, 2.05) is 52.0 Å². The zero-order valence-corrected chi connectivity index (χ0v) is 22.8. The summed E-state index contributed by atoms with van der Waals surface area (Å²) < 4.78 is 5.43. The van der Waals surface area contributed by atoms with E-state index in [2.05, 4.69) is 17.6 Å². The second-order valence-electron chi connectivity index (χ2n) is 11.2. The molecule has 7 heteroatoms. The molecule has 1 aliphatic carbocycles. The maximum atomic E-state index is 14.1. The molecule has 196 valence electrons. The Morgan fingerprint density at radius 2 is 1.66 bits per heavy atom. The van der Waals surface area contributed by atoms with Gasteiger partial charge >= 0.3 is 6.09 Å². The normalized spacial score (nSPS) is 16.6. The number of hydrogen-bond acceptors (Lipinski definition) is 4. The molecule has 0 radical (unpaired) electrons. The number of aryl methyl sites for hydroxylation is 1. The van der Waals surface area contributed by atoms with Crippen LogP contribution in [0.1, 0.15) is 97.7 Å². The first kappa shape index (κ1) is 28.7. The molecule has 2 rings (SSSR count). The Morgan fingerprint density at radius 3 is 2.11 bits per heavy atom. The first-order chi connectivity index (χ1) is 16.3. The second kappa shape index (κ2) is 12.4. The van der Waals surface area contributed by atoms with Crippen molar-refractivity contribution < 1.29 is 19.1 Å². The molecule has 1 aliphatic rings. The zero-order chi connectivity index (χ0) is 26.3. The average molecular weight is 488 g/mol. The van der Waals surface area contributed by atoms with Crippen molar-refractivity contribution in [3.05, 3.63) is 35.4 Å². The molecule has 0 heterocycles. The van der Waals surface area contributed by atoms with Crippen molar-refractivity contribution >= 4 is 17.9 Å². The van der Waals surface area contributed by atoms with E-state index >= 15 is 0 Å². The van der Waals surface area contributed by atoms with Crippen molar-refractivity contribution in [1.29, 1.82) is 0 Å². The van der Waals surface area contributed by atoms with Gasteiger partial charge in [0.25, 0.3) is 0 Å². The molecule has 2 N–H and O–H groups in total. The van der Waals surface area contributed by atoms with E-state index < -0.39 is 23.8 Å². The highest BCUT2D eigenvalue weighted by Crippen LogP contribution is 2.34. The highest BCUT2D eigenvalue weighted by atomic mass is 16.6. The summed E-state index contributed by atoms with van der Waals surface area (Å²) >= 11 is 0. The fourth-order valence-corrected chi connectivity index (χ4v) is 4.31. The van der Waals surface area contributed by atoms with Gasteiger partial charge in [-0.2, -0.15) is 0 Å². The first-order valence-corrected chi connectivity index (χ1v) is 13.0. The Hall–Kier alpha value is -2.57. The van der Waals surface area contributed by atoms with Gasteiger partial charge in [0, 0.05) is 12.1 Å². The Labute approximate surface area is 211 Å². The highest BCUT2D eigenvalue weighted by molar-refractivity contribution is 5.92. The number of ether oxygens (including phenoxy) is 1. The largest absolute Gasteiger partial charge is 0.444 e. The summed E-state index contributed by atoms with van der Waals surface area (Å²) in [6.45, 7) is 15.2. The minimum absolute atomic E-state index is 0.000393. The molecule has 3 unspecified atom stereocenters. The molecule has 1 fully saturated rings. The van der Waals surface area contributed by atoms with Gasteiger partial charge in [-0.3, -0.25) is 9.59 Å². The molecule has 0 aliphatic heterocycles. The molecular formula is C28H45N3O4. The van der Waals surface area contributed by atoms with Crippen LogP contribution in [0.2, 0.25) is 0 Å². The maximum absolute atomic E-state index is 14.1. The van der Waals surface area contributed by atoms with Crippen molar-refractivity contribution in [2.75, 3.05) is 0 Å². The van der Waals surface area contributed by atoms with Gasteiger partial charge in [-0.05, 0) is 71.8 Å². The molecule has 3 atom stereocenters. The van der Waals surface area contributed by atoms with Crippen LogP contribution in [0, 0.1) is 12.8 Å². The van der Waals surface area contributed by atoms with Crippen LogP contribution in [0.4, 0.5) is 4.79 Å². The van der Waals surface area contributed by atoms with Crippen LogP contribution in [0.15, 0.2) is 24.3 Å². The van der Waals surface area contributed by atoms with Gasteiger partial charge in [-0.25, -0.2) is 4.79 Å². The Kier molecular flexibility index (Phi) is 10.2. The van der Waals surface area contributed by atoms with Gasteiger partial charge in [0.15, 0.2) is 0 Å². The van der Waals surface area contributed by atoms with E-state index in [-0.39, 0.29) is 29.8 Å². The molecule has 7 nitrogen and oxygen atoms in total. The number of nitrogens with one attached hydrogen (secondary N) is 2. The van der Waals surface area contributed by atoms with E-state index in [0.717, 1.165) is 43.2 Å². The quantitative estimate of drug-likeness (QED) is 0.471. The van der Waals surface area contributed by atoms with Crippen LogP contribution < -0.4 is 10.6 Å². The van der Waals surface area contributed by atoms with Gasteiger partial charge in [0.1, 0.15) is 17.7 Å². The molecule has 0 bridgehead atoms. The summed E-state index contributed by atoms with van der Waals surface area (Å²) in [4.78, 5) is 42.1. The predicted octanol–water partition coefficient (Wildman–Crippen LogP) is 5.27. The number of benzene rings is 1.